The molecule has 0 saturated carbocycles. The van der Waals surface area contributed by atoms with Crippen molar-refractivity contribution in [3.63, 3.8) is 0 Å². The van der Waals surface area contributed by atoms with E-state index in [1.165, 1.54) is 16.6 Å². The highest BCUT2D eigenvalue weighted by Crippen LogP contribution is 2.18. The van der Waals surface area contributed by atoms with Gasteiger partial charge in [-0.3, -0.25) is 0 Å². The Morgan fingerprint density at radius 1 is 0.958 bits per heavy atom. The van der Waals surface area contributed by atoms with Crippen LogP contribution in [-0.2, 0) is 6.54 Å². The Bertz CT molecular complexity index is 839. The van der Waals surface area contributed by atoms with Gasteiger partial charge in [0.05, 0.1) is 11.9 Å². The highest BCUT2D eigenvalue weighted by molar-refractivity contribution is 5.82. The Morgan fingerprint density at radius 3 is 2.33 bits per heavy atom. The summed E-state index contributed by atoms with van der Waals surface area (Å²) in [6, 6.07) is 21.0. The summed E-state index contributed by atoms with van der Waals surface area (Å²) in [4.78, 5) is 6.71. The number of aryl methyl sites for hydroxylation is 1. The van der Waals surface area contributed by atoms with Crippen LogP contribution in [0.5, 0.6) is 0 Å². The standard InChI is InChI=1S/C20H22N3.HI/c1-4-23-19(12-9-16-7-5-6-8-20(16)23)15-21-17-10-13-18(14-11-17)22(2)3;/h5-15H,4H2,1-3H3;1H/q+1;/p-1. The molecule has 3 rings (SSSR count). The summed E-state index contributed by atoms with van der Waals surface area (Å²) < 4.78 is 2.28. The van der Waals surface area contributed by atoms with E-state index in [-0.39, 0.29) is 24.0 Å². The molecule has 0 aliphatic rings. The molecule has 124 valence electrons. The fourth-order valence-corrected chi connectivity index (χ4v) is 2.72. The lowest BCUT2D eigenvalue weighted by molar-refractivity contribution is -0.668. The largest absolute Gasteiger partial charge is 1.00 e. The Kier molecular flexibility index (Phi) is 6.31. The Hall–Kier alpha value is -1.95. The number of aliphatic imine (C=N–C) groups is 1. The van der Waals surface area contributed by atoms with E-state index in [0.717, 1.165) is 17.9 Å². The number of halogens is 1. The number of nitrogens with zero attached hydrogens (tertiary/aromatic N) is 3. The van der Waals surface area contributed by atoms with E-state index in [4.69, 9.17) is 0 Å². The van der Waals surface area contributed by atoms with E-state index in [2.05, 4.69) is 69.9 Å². The van der Waals surface area contributed by atoms with Gasteiger partial charge in [-0.15, -0.1) is 0 Å². The van der Waals surface area contributed by atoms with E-state index >= 15 is 0 Å². The van der Waals surface area contributed by atoms with E-state index in [9.17, 15) is 0 Å². The average molecular weight is 431 g/mol. The van der Waals surface area contributed by atoms with Crippen LogP contribution in [0.3, 0.4) is 0 Å². The van der Waals surface area contributed by atoms with Crippen LogP contribution in [0.15, 0.2) is 65.7 Å². The summed E-state index contributed by atoms with van der Waals surface area (Å²) in [5.41, 5.74) is 4.49. The third kappa shape index (κ3) is 3.93. The number of para-hydroxylation sites is 1. The van der Waals surface area contributed by atoms with Gasteiger partial charge in [0.25, 0.3) is 0 Å². The number of fused-ring (bicyclic) bond motifs is 1. The zero-order valence-corrected chi connectivity index (χ0v) is 16.4. The van der Waals surface area contributed by atoms with Gasteiger partial charge < -0.3 is 28.9 Å². The van der Waals surface area contributed by atoms with Gasteiger partial charge in [0.15, 0.2) is 0 Å². The molecule has 0 aliphatic carbocycles. The summed E-state index contributed by atoms with van der Waals surface area (Å²) in [7, 11) is 4.08. The predicted molar refractivity (Wildman–Crippen MR) is 97.8 cm³/mol. The summed E-state index contributed by atoms with van der Waals surface area (Å²) in [5.74, 6) is 0. The lowest BCUT2D eigenvalue weighted by atomic mass is 10.2. The van der Waals surface area contributed by atoms with Crippen molar-refractivity contribution < 1.29 is 28.5 Å². The molecule has 3 aromatic rings. The van der Waals surface area contributed by atoms with Crippen LogP contribution in [0.1, 0.15) is 12.6 Å². The highest BCUT2D eigenvalue weighted by atomic mass is 127. The molecule has 0 N–H and O–H groups in total. The number of hydrogen-bond donors (Lipinski definition) is 0. The molecule has 0 bridgehead atoms. The molecule has 4 heteroatoms. The van der Waals surface area contributed by atoms with Crippen LogP contribution in [0.4, 0.5) is 11.4 Å². The zero-order chi connectivity index (χ0) is 16.2. The second-order valence-electron chi connectivity index (χ2n) is 5.73. The first kappa shape index (κ1) is 18.4. The van der Waals surface area contributed by atoms with Crippen LogP contribution in [0.25, 0.3) is 10.9 Å². The van der Waals surface area contributed by atoms with Gasteiger partial charge in [-0.1, -0.05) is 12.1 Å². The highest BCUT2D eigenvalue weighted by Gasteiger charge is 2.11. The van der Waals surface area contributed by atoms with Gasteiger partial charge in [0.2, 0.25) is 11.2 Å². The molecule has 1 heterocycles. The number of hydrogen-bond acceptors (Lipinski definition) is 2. The average Bonchev–Trinajstić information content (AvgIpc) is 2.59. The number of rotatable bonds is 4. The lowest BCUT2D eigenvalue weighted by Crippen LogP contribution is -3.00. The van der Waals surface area contributed by atoms with E-state index in [1.54, 1.807) is 0 Å². The van der Waals surface area contributed by atoms with Crippen molar-refractivity contribution in [3.05, 3.63) is 66.4 Å². The molecule has 0 radical (unpaired) electrons. The molecule has 0 amide bonds. The molecule has 24 heavy (non-hydrogen) atoms. The SMILES string of the molecule is CC[n+]1c(C=Nc2ccc(N(C)C)cc2)ccc2ccccc21.[I-]. The van der Waals surface area contributed by atoms with E-state index in [1.807, 2.05) is 32.4 Å². The third-order valence-electron chi connectivity index (χ3n) is 4.00. The molecule has 0 unspecified atom stereocenters. The van der Waals surface area contributed by atoms with Crippen LogP contribution in [-0.4, -0.2) is 20.3 Å². The minimum Gasteiger partial charge on any atom is -1.00 e. The van der Waals surface area contributed by atoms with Crippen LogP contribution < -0.4 is 33.4 Å². The maximum absolute atomic E-state index is 4.63. The van der Waals surface area contributed by atoms with Crippen LogP contribution in [0, 0.1) is 0 Å². The normalized spacial score (nSPS) is 10.8. The molecule has 0 aliphatic heterocycles. The summed E-state index contributed by atoms with van der Waals surface area (Å²) in [6.07, 6.45) is 1.95. The number of anilines is 1. The van der Waals surface area contributed by atoms with Crippen molar-refractivity contribution in [2.75, 3.05) is 19.0 Å². The maximum Gasteiger partial charge on any atom is 0.224 e. The molecular weight excluding hydrogens is 409 g/mol. The fraction of sp³-hybridized carbons (Fsp3) is 0.200. The lowest BCUT2D eigenvalue weighted by Gasteiger charge is -2.11. The van der Waals surface area contributed by atoms with Crippen molar-refractivity contribution in [2.24, 2.45) is 4.99 Å². The van der Waals surface area contributed by atoms with Crippen molar-refractivity contribution in [3.8, 4) is 0 Å². The molecule has 0 atom stereocenters. The first-order valence-electron chi connectivity index (χ1n) is 7.92. The van der Waals surface area contributed by atoms with Crippen molar-refractivity contribution in [1.82, 2.24) is 0 Å². The van der Waals surface area contributed by atoms with Crippen LogP contribution >= 0.6 is 0 Å². The van der Waals surface area contributed by atoms with Gasteiger partial charge in [0, 0.05) is 37.3 Å². The number of aromatic nitrogens is 1. The minimum atomic E-state index is 0. The summed E-state index contributed by atoms with van der Waals surface area (Å²) in [6.45, 7) is 3.08. The molecule has 1 aromatic heterocycles. The molecule has 0 saturated heterocycles. The Morgan fingerprint density at radius 2 is 1.67 bits per heavy atom. The number of pyridine rings is 1. The van der Waals surface area contributed by atoms with Crippen molar-refractivity contribution >= 4 is 28.5 Å². The third-order valence-corrected chi connectivity index (χ3v) is 4.00. The van der Waals surface area contributed by atoms with Gasteiger partial charge in [-0.2, -0.15) is 4.57 Å². The van der Waals surface area contributed by atoms with Gasteiger partial charge >= 0.3 is 0 Å². The van der Waals surface area contributed by atoms with E-state index < -0.39 is 0 Å². The summed E-state index contributed by atoms with van der Waals surface area (Å²) in [5, 5.41) is 1.25. The molecular formula is C20H22IN3. The van der Waals surface area contributed by atoms with Crippen molar-refractivity contribution in [1.29, 1.82) is 0 Å². The number of benzene rings is 2. The summed E-state index contributed by atoms with van der Waals surface area (Å²) >= 11 is 0. The van der Waals surface area contributed by atoms with Gasteiger partial charge in [-0.25, -0.2) is 4.99 Å². The second kappa shape index (κ2) is 8.24. The first-order chi connectivity index (χ1) is 11.2. The molecule has 3 nitrogen and oxygen atoms in total. The van der Waals surface area contributed by atoms with Crippen molar-refractivity contribution in [2.45, 2.75) is 13.5 Å². The monoisotopic (exact) mass is 431 g/mol. The first-order valence-corrected chi connectivity index (χ1v) is 7.92. The fourth-order valence-electron chi connectivity index (χ4n) is 2.72. The Balaban J connectivity index is 0.00000208. The van der Waals surface area contributed by atoms with Gasteiger partial charge in [-0.05, 0) is 43.3 Å². The topological polar surface area (TPSA) is 19.5 Å². The second-order valence-corrected chi connectivity index (χ2v) is 5.73. The molecule has 0 spiro atoms. The molecule has 2 aromatic carbocycles. The zero-order valence-electron chi connectivity index (χ0n) is 14.3. The Labute approximate surface area is 160 Å². The molecule has 0 fully saturated rings. The predicted octanol–water partition coefficient (Wildman–Crippen LogP) is 0.968. The smallest absolute Gasteiger partial charge is 0.224 e. The van der Waals surface area contributed by atoms with Gasteiger partial charge in [0.1, 0.15) is 6.54 Å². The maximum atomic E-state index is 4.63. The van der Waals surface area contributed by atoms with E-state index in [0.29, 0.717) is 0 Å². The minimum absolute atomic E-state index is 0. The van der Waals surface area contributed by atoms with Crippen LogP contribution in [0.2, 0.25) is 0 Å². The quantitative estimate of drug-likeness (QED) is 0.343.